The third-order valence-corrected chi connectivity index (χ3v) is 4.86. The molecule has 2 aromatic carbocycles. The number of aryl methyl sites for hydroxylation is 2. The third kappa shape index (κ3) is 2.78. The highest BCUT2D eigenvalue weighted by Gasteiger charge is 2.34. The van der Waals surface area contributed by atoms with Crippen LogP contribution in [0, 0.1) is 19.7 Å². The number of halogens is 1. The number of amides is 1. The first-order valence-corrected chi connectivity index (χ1v) is 8.47. The summed E-state index contributed by atoms with van der Waals surface area (Å²) in [5.41, 5.74) is 4.45. The van der Waals surface area contributed by atoms with E-state index in [-0.39, 0.29) is 17.8 Å². The molecule has 0 unspecified atom stereocenters. The molecular formula is C21H19FN2O. The van der Waals surface area contributed by atoms with Crippen molar-refractivity contribution in [1.82, 2.24) is 9.88 Å². The van der Waals surface area contributed by atoms with Gasteiger partial charge in [0.25, 0.3) is 5.91 Å². The second-order valence-corrected chi connectivity index (χ2v) is 6.69. The zero-order valence-electron chi connectivity index (χ0n) is 14.3. The molecule has 0 spiro atoms. The SMILES string of the molecule is Cc1ccc2nc(C)cc(C(=O)N3CC[C@H]3c3ccc(F)cc3)c2c1. The maximum Gasteiger partial charge on any atom is 0.255 e. The molecule has 1 amide bonds. The number of carbonyl (C=O) groups is 1. The smallest absolute Gasteiger partial charge is 0.255 e. The van der Waals surface area contributed by atoms with Gasteiger partial charge in [0.2, 0.25) is 0 Å². The van der Waals surface area contributed by atoms with Crippen LogP contribution in [0.15, 0.2) is 48.5 Å². The van der Waals surface area contributed by atoms with E-state index in [1.165, 1.54) is 12.1 Å². The van der Waals surface area contributed by atoms with Crippen molar-refractivity contribution in [2.24, 2.45) is 0 Å². The van der Waals surface area contributed by atoms with Crippen LogP contribution in [-0.4, -0.2) is 22.3 Å². The van der Waals surface area contributed by atoms with Crippen molar-refractivity contribution in [3.8, 4) is 0 Å². The first-order valence-electron chi connectivity index (χ1n) is 8.47. The molecule has 126 valence electrons. The van der Waals surface area contributed by atoms with Crippen LogP contribution in [0.25, 0.3) is 10.9 Å². The Kier molecular flexibility index (Phi) is 3.75. The molecule has 3 aromatic rings. The largest absolute Gasteiger partial charge is 0.331 e. The Bertz CT molecular complexity index is 966. The fourth-order valence-corrected chi connectivity index (χ4v) is 3.47. The molecule has 2 heterocycles. The molecule has 0 radical (unpaired) electrons. The minimum Gasteiger partial charge on any atom is -0.331 e. The average molecular weight is 334 g/mol. The van der Waals surface area contributed by atoms with Gasteiger partial charge in [-0.3, -0.25) is 9.78 Å². The number of carbonyl (C=O) groups excluding carboxylic acids is 1. The molecule has 0 N–H and O–H groups in total. The Balaban J connectivity index is 1.72. The molecule has 4 heteroatoms. The number of likely N-dealkylation sites (tertiary alicyclic amines) is 1. The zero-order valence-corrected chi connectivity index (χ0v) is 14.3. The van der Waals surface area contributed by atoms with Crippen molar-refractivity contribution < 1.29 is 9.18 Å². The first-order chi connectivity index (χ1) is 12.0. The van der Waals surface area contributed by atoms with E-state index >= 15 is 0 Å². The molecule has 0 aliphatic carbocycles. The van der Waals surface area contributed by atoms with Crippen molar-refractivity contribution in [2.45, 2.75) is 26.3 Å². The molecule has 4 rings (SSSR count). The van der Waals surface area contributed by atoms with Gasteiger partial charge in [-0.15, -0.1) is 0 Å². The highest BCUT2D eigenvalue weighted by Crippen LogP contribution is 2.35. The van der Waals surface area contributed by atoms with E-state index in [0.717, 1.165) is 40.7 Å². The summed E-state index contributed by atoms with van der Waals surface area (Å²) in [7, 11) is 0. The van der Waals surface area contributed by atoms with Crippen LogP contribution in [-0.2, 0) is 0 Å². The van der Waals surface area contributed by atoms with Gasteiger partial charge in [0.05, 0.1) is 17.1 Å². The molecule has 1 aliphatic rings. The molecule has 1 atom stereocenters. The molecule has 25 heavy (non-hydrogen) atoms. The van der Waals surface area contributed by atoms with Gasteiger partial charge in [0.15, 0.2) is 0 Å². The van der Waals surface area contributed by atoms with Crippen LogP contribution in [0.5, 0.6) is 0 Å². The number of rotatable bonds is 2. The van der Waals surface area contributed by atoms with Gasteiger partial charge in [-0.05, 0) is 56.2 Å². The molecule has 1 aromatic heterocycles. The third-order valence-electron chi connectivity index (χ3n) is 4.86. The summed E-state index contributed by atoms with van der Waals surface area (Å²) < 4.78 is 13.2. The van der Waals surface area contributed by atoms with E-state index in [0.29, 0.717) is 5.56 Å². The Hall–Kier alpha value is -2.75. The van der Waals surface area contributed by atoms with Crippen LogP contribution in [0.3, 0.4) is 0 Å². The van der Waals surface area contributed by atoms with Crippen LogP contribution in [0.2, 0.25) is 0 Å². The van der Waals surface area contributed by atoms with Gasteiger partial charge < -0.3 is 4.90 Å². The quantitative estimate of drug-likeness (QED) is 0.687. The topological polar surface area (TPSA) is 33.2 Å². The minimum atomic E-state index is -0.257. The average Bonchev–Trinajstić information content (AvgIpc) is 2.55. The van der Waals surface area contributed by atoms with Gasteiger partial charge >= 0.3 is 0 Å². The van der Waals surface area contributed by atoms with Crippen molar-refractivity contribution in [1.29, 1.82) is 0 Å². The van der Waals surface area contributed by atoms with Crippen molar-refractivity contribution in [3.63, 3.8) is 0 Å². The lowest BCUT2D eigenvalue weighted by Gasteiger charge is -2.41. The second kappa shape index (κ2) is 5.96. The van der Waals surface area contributed by atoms with Gasteiger partial charge in [0, 0.05) is 17.6 Å². The van der Waals surface area contributed by atoms with Crippen molar-refractivity contribution in [3.05, 3.63) is 76.7 Å². The molecular weight excluding hydrogens is 315 g/mol. The monoisotopic (exact) mass is 334 g/mol. The Morgan fingerprint density at radius 2 is 1.88 bits per heavy atom. The van der Waals surface area contributed by atoms with Crippen LogP contribution < -0.4 is 0 Å². The number of hydrogen-bond donors (Lipinski definition) is 0. The molecule has 0 bridgehead atoms. The number of nitrogens with zero attached hydrogens (tertiary/aromatic N) is 2. The fourth-order valence-electron chi connectivity index (χ4n) is 3.47. The molecule has 1 fully saturated rings. The summed E-state index contributed by atoms with van der Waals surface area (Å²) >= 11 is 0. The van der Waals surface area contributed by atoms with Gasteiger partial charge in [-0.1, -0.05) is 23.8 Å². The summed E-state index contributed by atoms with van der Waals surface area (Å²) in [6, 6.07) is 14.3. The minimum absolute atomic E-state index is 0.0152. The van der Waals surface area contributed by atoms with Crippen molar-refractivity contribution in [2.75, 3.05) is 6.54 Å². The lowest BCUT2D eigenvalue weighted by atomic mass is 9.93. The van der Waals surface area contributed by atoms with E-state index in [4.69, 9.17) is 0 Å². The maximum absolute atomic E-state index is 13.2. The van der Waals surface area contributed by atoms with Crippen molar-refractivity contribution >= 4 is 16.8 Å². The lowest BCUT2D eigenvalue weighted by molar-refractivity contribution is 0.0462. The predicted octanol–water partition coefficient (Wildman–Crippen LogP) is 4.58. The standard InChI is InChI=1S/C21H19FN2O/c1-13-3-8-19-17(11-13)18(12-14(2)23-19)21(25)24-10-9-20(24)15-4-6-16(22)7-5-15/h3-8,11-12,20H,9-10H2,1-2H3/t20-/m0/s1. The Labute approximate surface area is 146 Å². The second-order valence-electron chi connectivity index (χ2n) is 6.69. The molecule has 1 saturated heterocycles. The number of aromatic nitrogens is 1. The molecule has 1 aliphatic heterocycles. The van der Waals surface area contributed by atoms with Gasteiger partial charge in [0.1, 0.15) is 5.82 Å². The first kappa shape index (κ1) is 15.8. The number of benzene rings is 2. The van der Waals surface area contributed by atoms with Crippen LogP contribution >= 0.6 is 0 Å². The lowest BCUT2D eigenvalue weighted by Crippen LogP contribution is -2.45. The fraction of sp³-hybridized carbons (Fsp3) is 0.238. The number of fused-ring (bicyclic) bond motifs is 1. The summed E-state index contributed by atoms with van der Waals surface area (Å²) in [6.07, 6.45) is 0.901. The van der Waals surface area contributed by atoms with E-state index in [9.17, 15) is 9.18 Å². The molecule has 3 nitrogen and oxygen atoms in total. The van der Waals surface area contributed by atoms with E-state index < -0.39 is 0 Å². The summed E-state index contributed by atoms with van der Waals surface area (Å²) in [6.45, 7) is 4.64. The zero-order chi connectivity index (χ0) is 17.6. The predicted molar refractivity (Wildman–Crippen MR) is 96.0 cm³/mol. The highest BCUT2D eigenvalue weighted by molar-refractivity contribution is 6.06. The van der Waals surface area contributed by atoms with Crippen LogP contribution in [0.1, 0.15) is 39.6 Å². The Morgan fingerprint density at radius 1 is 1.12 bits per heavy atom. The molecule has 0 saturated carbocycles. The normalized spacial score (nSPS) is 16.8. The Morgan fingerprint density at radius 3 is 2.56 bits per heavy atom. The summed E-state index contributed by atoms with van der Waals surface area (Å²) in [5, 5.41) is 0.889. The summed E-state index contributed by atoms with van der Waals surface area (Å²) in [5.74, 6) is -0.242. The van der Waals surface area contributed by atoms with Gasteiger partial charge in [-0.2, -0.15) is 0 Å². The highest BCUT2D eigenvalue weighted by atomic mass is 19.1. The number of hydrogen-bond acceptors (Lipinski definition) is 2. The van der Waals surface area contributed by atoms with E-state index in [1.54, 1.807) is 12.1 Å². The summed E-state index contributed by atoms with van der Waals surface area (Å²) in [4.78, 5) is 19.6. The van der Waals surface area contributed by atoms with E-state index in [1.807, 2.05) is 43.0 Å². The van der Waals surface area contributed by atoms with Gasteiger partial charge in [-0.25, -0.2) is 4.39 Å². The maximum atomic E-state index is 13.2. The number of pyridine rings is 1. The van der Waals surface area contributed by atoms with Crippen LogP contribution in [0.4, 0.5) is 4.39 Å². The van der Waals surface area contributed by atoms with E-state index in [2.05, 4.69) is 4.98 Å².